The van der Waals surface area contributed by atoms with Gasteiger partial charge in [0.2, 0.25) is 0 Å². The molecule has 4 aromatic rings. The standard InChI is InChI=1S/C21H17FN4O2/c22-18-7-3-4-8-19(18)26-12-17(15-5-1-2-6-16(15)21(26)28)20(27)24-10-9-14-11-23-13-25-14/h1-8,11-13H,9-10H2,(H,23,25)(H,24,27). The van der Waals surface area contributed by atoms with Crippen LogP contribution in [0.3, 0.4) is 0 Å². The maximum atomic E-state index is 14.3. The Hall–Kier alpha value is -3.74. The quantitative estimate of drug-likeness (QED) is 0.562. The van der Waals surface area contributed by atoms with Crippen LogP contribution in [0.2, 0.25) is 0 Å². The summed E-state index contributed by atoms with van der Waals surface area (Å²) in [5, 5.41) is 3.73. The highest BCUT2D eigenvalue weighted by Crippen LogP contribution is 2.19. The maximum absolute atomic E-state index is 14.3. The maximum Gasteiger partial charge on any atom is 0.263 e. The average Bonchev–Trinajstić information content (AvgIpc) is 3.23. The Morgan fingerprint density at radius 1 is 1.11 bits per heavy atom. The summed E-state index contributed by atoms with van der Waals surface area (Å²) in [6.07, 6.45) is 5.26. The number of pyridine rings is 1. The molecule has 0 fully saturated rings. The minimum atomic E-state index is -0.537. The van der Waals surface area contributed by atoms with Gasteiger partial charge in [0.1, 0.15) is 5.82 Å². The molecule has 0 bridgehead atoms. The molecule has 0 atom stereocenters. The summed E-state index contributed by atoms with van der Waals surface area (Å²) >= 11 is 0. The van der Waals surface area contributed by atoms with E-state index < -0.39 is 5.82 Å². The van der Waals surface area contributed by atoms with Gasteiger partial charge in [0.05, 0.1) is 17.6 Å². The molecule has 7 heteroatoms. The molecule has 0 aliphatic heterocycles. The van der Waals surface area contributed by atoms with Gasteiger partial charge < -0.3 is 10.3 Å². The van der Waals surface area contributed by atoms with Crippen LogP contribution in [0.1, 0.15) is 16.1 Å². The fourth-order valence-corrected chi connectivity index (χ4v) is 3.13. The number of fused-ring (bicyclic) bond motifs is 1. The second-order valence-electron chi connectivity index (χ2n) is 6.30. The Morgan fingerprint density at radius 3 is 2.61 bits per heavy atom. The molecule has 6 nitrogen and oxygen atoms in total. The Balaban J connectivity index is 1.75. The van der Waals surface area contributed by atoms with Crippen LogP contribution in [-0.4, -0.2) is 27.0 Å². The lowest BCUT2D eigenvalue weighted by atomic mass is 10.1. The molecule has 2 N–H and O–H groups in total. The van der Waals surface area contributed by atoms with Crippen molar-refractivity contribution in [3.05, 3.63) is 94.7 Å². The molecule has 0 saturated heterocycles. The monoisotopic (exact) mass is 376 g/mol. The van der Waals surface area contributed by atoms with Crippen LogP contribution in [0, 0.1) is 5.82 Å². The Bertz CT molecular complexity index is 1200. The van der Waals surface area contributed by atoms with Gasteiger partial charge >= 0.3 is 0 Å². The summed E-state index contributed by atoms with van der Waals surface area (Å²) in [4.78, 5) is 32.6. The van der Waals surface area contributed by atoms with E-state index in [1.807, 2.05) is 0 Å². The second kappa shape index (κ2) is 7.48. The van der Waals surface area contributed by atoms with Crippen molar-refractivity contribution in [3.63, 3.8) is 0 Å². The predicted octanol–water partition coefficient (Wildman–Crippen LogP) is 2.83. The summed E-state index contributed by atoms with van der Waals surface area (Å²) in [6.45, 7) is 0.397. The van der Waals surface area contributed by atoms with Gasteiger partial charge in [-0.2, -0.15) is 0 Å². The number of para-hydroxylation sites is 1. The zero-order valence-corrected chi connectivity index (χ0v) is 14.9. The van der Waals surface area contributed by atoms with E-state index in [2.05, 4.69) is 15.3 Å². The van der Waals surface area contributed by atoms with Crippen molar-refractivity contribution >= 4 is 16.7 Å². The molecule has 4 rings (SSSR count). The zero-order valence-electron chi connectivity index (χ0n) is 14.9. The van der Waals surface area contributed by atoms with Gasteiger partial charge in [-0.15, -0.1) is 0 Å². The van der Waals surface area contributed by atoms with E-state index in [4.69, 9.17) is 0 Å². The van der Waals surface area contributed by atoms with Crippen LogP contribution in [0.4, 0.5) is 4.39 Å². The van der Waals surface area contributed by atoms with Crippen molar-refractivity contribution in [2.45, 2.75) is 6.42 Å². The van der Waals surface area contributed by atoms with Crippen molar-refractivity contribution in [1.82, 2.24) is 19.9 Å². The summed E-state index contributed by atoms with van der Waals surface area (Å²) in [5.74, 6) is -0.869. The van der Waals surface area contributed by atoms with E-state index >= 15 is 0 Å². The number of hydrogen-bond acceptors (Lipinski definition) is 3. The van der Waals surface area contributed by atoms with E-state index in [0.29, 0.717) is 29.3 Å². The first kappa shape index (κ1) is 17.7. The van der Waals surface area contributed by atoms with Gasteiger partial charge in [0.25, 0.3) is 11.5 Å². The summed E-state index contributed by atoms with van der Waals surface area (Å²) in [7, 11) is 0. The van der Waals surface area contributed by atoms with Gasteiger partial charge in [-0.25, -0.2) is 9.37 Å². The lowest BCUT2D eigenvalue weighted by Gasteiger charge is -2.13. The van der Waals surface area contributed by atoms with Crippen molar-refractivity contribution in [3.8, 4) is 5.69 Å². The number of nitrogens with one attached hydrogen (secondary N) is 2. The smallest absolute Gasteiger partial charge is 0.263 e. The molecule has 2 heterocycles. The van der Waals surface area contributed by atoms with E-state index in [1.54, 1.807) is 48.9 Å². The van der Waals surface area contributed by atoms with Gasteiger partial charge in [-0.3, -0.25) is 14.2 Å². The fraction of sp³-hybridized carbons (Fsp3) is 0.0952. The first-order valence-corrected chi connectivity index (χ1v) is 8.80. The van der Waals surface area contributed by atoms with Crippen LogP contribution in [0.5, 0.6) is 0 Å². The molecule has 0 aliphatic rings. The number of hydrogen-bond donors (Lipinski definition) is 2. The molecule has 0 aliphatic carbocycles. The lowest BCUT2D eigenvalue weighted by Crippen LogP contribution is -2.29. The first-order valence-electron chi connectivity index (χ1n) is 8.80. The summed E-state index contributed by atoms with van der Waals surface area (Å²) in [6, 6.07) is 12.8. The van der Waals surface area contributed by atoms with Gasteiger partial charge in [-0.1, -0.05) is 30.3 Å². The van der Waals surface area contributed by atoms with Gasteiger partial charge in [0.15, 0.2) is 0 Å². The molecule has 2 aromatic carbocycles. The predicted molar refractivity (Wildman–Crippen MR) is 104 cm³/mol. The second-order valence-corrected chi connectivity index (χ2v) is 6.30. The number of aromatic nitrogens is 3. The number of halogens is 1. The molecule has 0 unspecified atom stereocenters. The number of H-pyrrole nitrogens is 1. The van der Waals surface area contributed by atoms with E-state index in [9.17, 15) is 14.0 Å². The number of amides is 1. The highest BCUT2D eigenvalue weighted by Gasteiger charge is 2.16. The number of nitrogens with zero attached hydrogens (tertiary/aromatic N) is 2. The van der Waals surface area contributed by atoms with Crippen LogP contribution < -0.4 is 10.9 Å². The van der Waals surface area contributed by atoms with Crippen molar-refractivity contribution in [2.24, 2.45) is 0 Å². The Morgan fingerprint density at radius 2 is 1.86 bits per heavy atom. The molecule has 140 valence electrons. The van der Waals surface area contributed by atoms with Crippen LogP contribution in [0.15, 0.2) is 72.0 Å². The number of rotatable bonds is 5. The third kappa shape index (κ3) is 3.29. The third-order valence-electron chi connectivity index (χ3n) is 4.52. The summed E-state index contributed by atoms with van der Waals surface area (Å²) in [5.41, 5.74) is 0.934. The normalized spacial score (nSPS) is 10.9. The topological polar surface area (TPSA) is 79.8 Å². The van der Waals surface area contributed by atoms with E-state index in [-0.39, 0.29) is 17.2 Å². The Kier molecular flexibility index (Phi) is 4.72. The number of imidazole rings is 1. The summed E-state index contributed by atoms with van der Waals surface area (Å²) < 4.78 is 15.5. The molecule has 1 amide bonds. The van der Waals surface area contributed by atoms with Crippen molar-refractivity contribution < 1.29 is 9.18 Å². The first-order chi connectivity index (χ1) is 13.6. The third-order valence-corrected chi connectivity index (χ3v) is 4.52. The average molecular weight is 376 g/mol. The van der Waals surface area contributed by atoms with E-state index in [1.165, 1.54) is 22.9 Å². The highest BCUT2D eigenvalue weighted by atomic mass is 19.1. The largest absolute Gasteiger partial charge is 0.352 e. The zero-order chi connectivity index (χ0) is 19.5. The van der Waals surface area contributed by atoms with Crippen molar-refractivity contribution in [1.29, 1.82) is 0 Å². The molecular formula is C21H17FN4O2. The van der Waals surface area contributed by atoms with Crippen LogP contribution in [0.25, 0.3) is 16.5 Å². The highest BCUT2D eigenvalue weighted by molar-refractivity contribution is 6.06. The molecule has 0 spiro atoms. The molecular weight excluding hydrogens is 359 g/mol. The number of benzene rings is 2. The fourth-order valence-electron chi connectivity index (χ4n) is 3.13. The molecule has 0 saturated carbocycles. The minimum Gasteiger partial charge on any atom is -0.352 e. The SMILES string of the molecule is O=C(NCCc1cnc[nH]1)c1cn(-c2ccccc2F)c(=O)c2ccccc12. The molecule has 0 radical (unpaired) electrons. The van der Waals surface area contributed by atoms with Crippen LogP contribution in [-0.2, 0) is 6.42 Å². The molecule has 2 aromatic heterocycles. The van der Waals surface area contributed by atoms with E-state index in [0.717, 1.165) is 5.69 Å². The lowest BCUT2D eigenvalue weighted by molar-refractivity contribution is 0.0955. The Labute approximate surface area is 159 Å². The van der Waals surface area contributed by atoms with Crippen LogP contribution >= 0.6 is 0 Å². The van der Waals surface area contributed by atoms with Gasteiger partial charge in [0, 0.05) is 41.8 Å². The number of aromatic amines is 1. The minimum absolute atomic E-state index is 0.102. The van der Waals surface area contributed by atoms with Crippen molar-refractivity contribution in [2.75, 3.05) is 6.54 Å². The number of carbonyl (C=O) groups is 1. The molecule has 28 heavy (non-hydrogen) atoms. The van der Waals surface area contributed by atoms with Gasteiger partial charge in [-0.05, 0) is 18.2 Å². The number of carbonyl (C=O) groups excluding carboxylic acids is 1.